The van der Waals surface area contributed by atoms with Gasteiger partial charge in [-0.1, -0.05) is 12.8 Å². The third kappa shape index (κ3) is 2.74. The van der Waals surface area contributed by atoms with Crippen molar-refractivity contribution in [2.75, 3.05) is 12.3 Å². The lowest BCUT2D eigenvalue weighted by molar-refractivity contribution is -0.156. The van der Waals surface area contributed by atoms with Crippen LogP contribution in [-0.4, -0.2) is 48.1 Å². The Kier molecular flexibility index (Phi) is 3.57. The molecular formula is C11H18N2O5S. The summed E-state index contributed by atoms with van der Waals surface area (Å²) >= 11 is 0. The van der Waals surface area contributed by atoms with E-state index in [-0.39, 0.29) is 24.6 Å². The molecule has 1 unspecified atom stereocenters. The monoisotopic (exact) mass is 290 g/mol. The zero-order valence-corrected chi connectivity index (χ0v) is 11.4. The van der Waals surface area contributed by atoms with Crippen LogP contribution in [0.2, 0.25) is 0 Å². The van der Waals surface area contributed by atoms with Crippen LogP contribution < -0.4 is 5.14 Å². The van der Waals surface area contributed by atoms with Gasteiger partial charge in [0.05, 0.1) is 5.75 Å². The molecule has 3 N–H and O–H groups in total. The molecule has 0 spiro atoms. The fourth-order valence-electron chi connectivity index (χ4n) is 3.19. The van der Waals surface area contributed by atoms with Gasteiger partial charge in [-0.3, -0.25) is 4.79 Å². The second-order valence-electron chi connectivity index (χ2n) is 5.45. The number of carbonyl (C=O) groups excluding carboxylic acids is 1. The van der Waals surface area contributed by atoms with Gasteiger partial charge in [0.15, 0.2) is 0 Å². The minimum Gasteiger partial charge on any atom is -0.479 e. The van der Waals surface area contributed by atoms with Crippen LogP contribution in [-0.2, 0) is 19.6 Å². The highest BCUT2D eigenvalue weighted by atomic mass is 32.2. The standard InChI is InChI=1S/C11H18N2O5S/c12-19(17,18)7-8-5-9(14)13(6-8)11(10(15)16)3-1-2-4-11/h8H,1-7H2,(H,15,16)(H2,12,17,18). The number of hydrogen-bond donors (Lipinski definition) is 2. The number of sulfonamides is 1. The van der Waals surface area contributed by atoms with Crippen molar-refractivity contribution in [3.05, 3.63) is 0 Å². The first-order valence-electron chi connectivity index (χ1n) is 6.29. The van der Waals surface area contributed by atoms with E-state index in [0.29, 0.717) is 12.8 Å². The van der Waals surface area contributed by atoms with E-state index in [1.807, 2.05) is 0 Å². The van der Waals surface area contributed by atoms with Crippen molar-refractivity contribution in [2.45, 2.75) is 37.6 Å². The zero-order chi connectivity index (χ0) is 14.3. The van der Waals surface area contributed by atoms with Crippen molar-refractivity contribution in [2.24, 2.45) is 11.1 Å². The normalized spacial score (nSPS) is 26.9. The molecule has 0 aromatic heterocycles. The van der Waals surface area contributed by atoms with Gasteiger partial charge in [0, 0.05) is 18.9 Å². The van der Waals surface area contributed by atoms with Gasteiger partial charge in [-0.25, -0.2) is 18.4 Å². The molecule has 1 heterocycles. The third-order valence-corrected chi connectivity index (χ3v) is 4.95. The Morgan fingerprint density at radius 3 is 2.47 bits per heavy atom. The number of likely N-dealkylation sites (tertiary alicyclic amines) is 1. The highest BCUT2D eigenvalue weighted by Crippen LogP contribution is 2.39. The molecule has 1 saturated carbocycles. The molecule has 1 atom stereocenters. The number of hydrogen-bond acceptors (Lipinski definition) is 4. The quantitative estimate of drug-likeness (QED) is 0.725. The smallest absolute Gasteiger partial charge is 0.329 e. The molecule has 1 aliphatic heterocycles. The van der Waals surface area contributed by atoms with Gasteiger partial charge in [0.25, 0.3) is 0 Å². The summed E-state index contributed by atoms with van der Waals surface area (Å²) in [7, 11) is -3.64. The molecular weight excluding hydrogens is 272 g/mol. The minimum atomic E-state index is -3.64. The van der Waals surface area contributed by atoms with Crippen LogP contribution in [0.25, 0.3) is 0 Å². The number of aliphatic carboxylic acids is 1. The lowest BCUT2D eigenvalue weighted by Crippen LogP contribution is -2.53. The van der Waals surface area contributed by atoms with Crippen LogP contribution in [0.3, 0.4) is 0 Å². The molecule has 0 radical (unpaired) electrons. The molecule has 8 heteroatoms. The SMILES string of the molecule is NS(=O)(=O)CC1CC(=O)N(C2(C(=O)O)CCCC2)C1. The summed E-state index contributed by atoms with van der Waals surface area (Å²) in [6, 6.07) is 0. The summed E-state index contributed by atoms with van der Waals surface area (Å²) < 4.78 is 22.1. The van der Waals surface area contributed by atoms with E-state index in [0.717, 1.165) is 12.8 Å². The van der Waals surface area contributed by atoms with Gasteiger partial charge >= 0.3 is 5.97 Å². The maximum absolute atomic E-state index is 12.0. The zero-order valence-electron chi connectivity index (χ0n) is 10.5. The van der Waals surface area contributed by atoms with Gasteiger partial charge in [0.1, 0.15) is 5.54 Å². The Morgan fingerprint density at radius 1 is 1.42 bits per heavy atom. The topological polar surface area (TPSA) is 118 Å². The fraction of sp³-hybridized carbons (Fsp3) is 0.818. The summed E-state index contributed by atoms with van der Waals surface area (Å²) in [5, 5.41) is 14.4. The molecule has 0 bridgehead atoms. The number of nitrogens with zero attached hydrogens (tertiary/aromatic N) is 1. The van der Waals surface area contributed by atoms with Gasteiger partial charge in [-0.15, -0.1) is 0 Å². The van der Waals surface area contributed by atoms with Crippen LogP contribution in [0.5, 0.6) is 0 Å². The largest absolute Gasteiger partial charge is 0.479 e. The number of rotatable bonds is 4. The average molecular weight is 290 g/mol. The highest BCUT2D eigenvalue weighted by Gasteiger charge is 2.51. The first-order valence-corrected chi connectivity index (χ1v) is 8.00. The lowest BCUT2D eigenvalue weighted by atomic mass is 9.95. The Morgan fingerprint density at radius 2 is 2.00 bits per heavy atom. The molecule has 19 heavy (non-hydrogen) atoms. The first kappa shape index (κ1) is 14.3. The number of carbonyl (C=O) groups is 2. The second kappa shape index (κ2) is 4.75. The van der Waals surface area contributed by atoms with Crippen molar-refractivity contribution in [3.8, 4) is 0 Å². The maximum Gasteiger partial charge on any atom is 0.329 e. The van der Waals surface area contributed by atoms with Crippen LogP contribution >= 0.6 is 0 Å². The molecule has 1 saturated heterocycles. The summed E-state index contributed by atoms with van der Waals surface area (Å²) in [4.78, 5) is 24.9. The number of amides is 1. The number of carboxylic acid groups (broad SMARTS) is 1. The Labute approximate surface area is 111 Å². The molecule has 0 aromatic carbocycles. The molecule has 2 fully saturated rings. The molecule has 108 valence electrons. The predicted octanol–water partition coefficient (Wildman–Crippen LogP) is -0.479. The molecule has 1 amide bonds. The third-order valence-electron chi connectivity index (χ3n) is 4.02. The fourth-order valence-corrected chi connectivity index (χ4v) is 4.07. The highest BCUT2D eigenvalue weighted by molar-refractivity contribution is 7.89. The summed E-state index contributed by atoms with van der Waals surface area (Å²) in [5.74, 6) is -1.95. The van der Waals surface area contributed by atoms with E-state index < -0.39 is 27.4 Å². The Bertz CT molecular complexity index is 495. The molecule has 2 aliphatic rings. The van der Waals surface area contributed by atoms with Crippen molar-refractivity contribution >= 4 is 21.9 Å². The average Bonchev–Trinajstić information content (AvgIpc) is 2.83. The minimum absolute atomic E-state index is 0.0610. The van der Waals surface area contributed by atoms with Crippen molar-refractivity contribution in [1.29, 1.82) is 0 Å². The maximum atomic E-state index is 12.0. The lowest BCUT2D eigenvalue weighted by Gasteiger charge is -2.35. The van der Waals surface area contributed by atoms with Crippen molar-refractivity contribution < 1.29 is 23.1 Å². The predicted molar refractivity (Wildman–Crippen MR) is 66.6 cm³/mol. The van der Waals surface area contributed by atoms with E-state index in [1.165, 1.54) is 4.90 Å². The first-order chi connectivity index (χ1) is 8.74. The van der Waals surface area contributed by atoms with Crippen molar-refractivity contribution in [3.63, 3.8) is 0 Å². The summed E-state index contributed by atoms with van der Waals surface area (Å²) in [6.45, 7) is 0.168. The van der Waals surface area contributed by atoms with E-state index in [1.54, 1.807) is 0 Å². The van der Waals surface area contributed by atoms with Crippen molar-refractivity contribution in [1.82, 2.24) is 4.90 Å². The van der Waals surface area contributed by atoms with Crippen LogP contribution in [0, 0.1) is 5.92 Å². The van der Waals surface area contributed by atoms with E-state index in [9.17, 15) is 23.1 Å². The van der Waals surface area contributed by atoms with E-state index in [4.69, 9.17) is 5.14 Å². The summed E-state index contributed by atoms with van der Waals surface area (Å²) in [6.07, 6.45) is 2.49. The molecule has 2 rings (SSSR count). The van der Waals surface area contributed by atoms with Crippen LogP contribution in [0.1, 0.15) is 32.1 Å². The van der Waals surface area contributed by atoms with Gasteiger partial charge in [0.2, 0.25) is 15.9 Å². The molecule has 7 nitrogen and oxygen atoms in total. The second-order valence-corrected chi connectivity index (χ2v) is 7.11. The Balaban J connectivity index is 2.17. The van der Waals surface area contributed by atoms with Crippen LogP contribution in [0.4, 0.5) is 0 Å². The number of primary sulfonamides is 1. The number of carboxylic acids is 1. The van der Waals surface area contributed by atoms with Crippen LogP contribution in [0.15, 0.2) is 0 Å². The van der Waals surface area contributed by atoms with Gasteiger partial charge in [-0.2, -0.15) is 0 Å². The Hall–Kier alpha value is -1.15. The molecule has 0 aromatic rings. The molecule has 1 aliphatic carbocycles. The van der Waals surface area contributed by atoms with Gasteiger partial charge in [-0.05, 0) is 12.8 Å². The van der Waals surface area contributed by atoms with E-state index in [2.05, 4.69) is 0 Å². The van der Waals surface area contributed by atoms with Gasteiger partial charge < -0.3 is 10.0 Å². The number of nitrogens with two attached hydrogens (primary N) is 1. The summed E-state index contributed by atoms with van der Waals surface area (Å²) in [5.41, 5.74) is -1.13. The van der Waals surface area contributed by atoms with E-state index >= 15 is 0 Å².